The van der Waals surface area contributed by atoms with Gasteiger partial charge in [0.2, 0.25) is 10.0 Å². The molecule has 120 valence electrons. The highest BCUT2D eigenvalue weighted by Gasteiger charge is 2.36. The Bertz CT molecular complexity index is 582. The first kappa shape index (κ1) is 17.2. The predicted molar refractivity (Wildman–Crippen MR) is 88.7 cm³/mol. The first-order chi connectivity index (χ1) is 9.95. The van der Waals surface area contributed by atoms with Crippen molar-refractivity contribution in [3.8, 4) is 0 Å². The minimum Gasteiger partial charge on any atom is -0.300 e. The van der Waals surface area contributed by atoms with E-state index in [0.717, 1.165) is 30.0 Å². The molecule has 0 amide bonds. The summed E-state index contributed by atoms with van der Waals surface area (Å²) in [6.45, 7) is 9.18. The van der Waals surface area contributed by atoms with Crippen LogP contribution in [-0.2, 0) is 15.9 Å². The van der Waals surface area contributed by atoms with E-state index >= 15 is 0 Å². The van der Waals surface area contributed by atoms with Crippen LogP contribution in [0.25, 0.3) is 0 Å². The predicted octanol–water partition coefficient (Wildman–Crippen LogP) is 2.90. The zero-order valence-corrected chi connectivity index (χ0v) is 15.2. The molecule has 1 aliphatic rings. The average Bonchev–Trinajstić information content (AvgIpc) is 3.07. The fraction of sp³-hybridized carbons (Fsp3) is 0.714. The van der Waals surface area contributed by atoms with Crippen molar-refractivity contribution in [1.82, 2.24) is 9.21 Å². The number of halogens is 1. The van der Waals surface area contributed by atoms with Gasteiger partial charge in [0.15, 0.2) is 0 Å². The lowest BCUT2D eigenvalue weighted by molar-refractivity contribution is 0.224. The van der Waals surface area contributed by atoms with Crippen LogP contribution in [0.2, 0.25) is 0 Å². The Morgan fingerprint density at radius 1 is 1.43 bits per heavy atom. The van der Waals surface area contributed by atoms with Crippen LogP contribution in [0.3, 0.4) is 0 Å². The fourth-order valence-electron chi connectivity index (χ4n) is 3.02. The van der Waals surface area contributed by atoms with Gasteiger partial charge in [0.05, 0.1) is 5.88 Å². The van der Waals surface area contributed by atoms with E-state index in [9.17, 15) is 8.42 Å². The van der Waals surface area contributed by atoms with Gasteiger partial charge in [-0.2, -0.15) is 4.31 Å². The van der Waals surface area contributed by atoms with E-state index in [1.165, 1.54) is 11.3 Å². The molecule has 0 N–H and O–H groups in total. The molecule has 0 bridgehead atoms. The Hall–Kier alpha value is -0.140. The van der Waals surface area contributed by atoms with Crippen LogP contribution < -0.4 is 0 Å². The summed E-state index contributed by atoms with van der Waals surface area (Å²) >= 11 is 7.33. The van der Waals surface area contributed by atoms with Gasteiger partial charge in [-0.05, 0) is 37.4 Å². The highest BCUT2D eigenvalue weighted by molar-refractivity contribution is 7.89. The number of hydrogen-bond acceptors (Lipinski definition) is 4. The van der Waals surface area contributed by atoms with Gasteiger partial charge in [-0.3, -0.25) is 4.90 Å². The van der Waals surface area contributed by atoms with Crippen molar-refractivity contribution >= 4 is 33.0 Å². The Morgan fingerprint density at radius 2 is 2.10 bits per heavy atom. The first-order valence-corrected chi connectivity index (χ1v) is 10.2. The third-order valence-corrected chi connectivity index (χ3v) is 7.92. The lowest BCUT2D eigenvalue weighted by Gasteiger charge is -2.26. The molecule has 0 aliphatic carbocycles. The monoisotopic (exact) mass is 350 g/mol. The molecule has 1 atom stereocenters. The quantitative estimate of drug-likeness (QED) is 0.741. The lowest BCUT2D eigenvalue weighted by Crippen LogP contribution is -2.38. The summed E-state index contributed by atoms with van der Waals surface area (Å²) in [5.41, 5.74) is 0.807. The summed E-state index contributed by atoms with van der Waals surface area (Å²) in [5, 5.41) is 1.88. The van der Waals surface area contributed by atoms with E-state index in [4.69, 9.17) is 11.6 Å². The number of likely N-dealkylation sites (N-methyl/N-ethyl adjacent to an activating group) is 1. The molecule has 0 aromatic carbocycles. The standard InChI is InChI=1S/C14H23ClN2O2S2/c1-4-16(5-2)12-6-7-17(9-12)21(18,19)14-11(3)10-20-13(14)8-15/h10,12H,4-9H2,1-3H3. The largest absolute Gasteiger partial charge is 0.300 e. The van der Waals surface area contributed by atoms with Crippen LogP contribution in [0.1, 0.15) is 30.7 Å². The highest BCUT2D eigenvalue weighted by atomic mass is 35.5. The van der Waals surface area contributed by atoms with Crippen molar-refractivity contribution in [1.29, 1.82) is 0 Å². The van der Waals surface area contributed by atoms with Crippen molar-refractivity contribution < 1.29 is 8.42 Å². The van der Waals surface area contributed by atoms with E-state index in [-0.39, 0.29) is 5.88 Å². The summed E-state index contributed by atoms with van der Waals surface area (Å²) in [4.78, 5) is 3.52. The van der Waals surface area contributed by atoms with E-state index in [0.29, 0.717) is 24.0 Å². The molecule has 4 nitrogen and oxygen atoms in total. The fourth-order valence-corrected chi connectivity index (χ4v) is 6.52. The number of alkyl halides is 1. The third-order valence-electron chi connectivity index (χ3n) is 4.16. The van der Waals surface area contributed by atoms with Crippen LogP contribution in [0.5, 0.6) is 0 Å². The third kappa shape index (κ3) is 3.29. The molecule has 0 radical (unpaired) electrons. The van der Waals surface area contributed by atoms with Crippen LogP contribution in [0.15, 0.2) is 10.3 Å². The number of aryl methyl sites for hydroxylation is 1. The van der Waals surface area contributed by atoms with E-state index in [1.54, 1.807) is 4.31 Å². The molecule has 21 heavy (non-hydrogen) atoms. The number of nitrogens with zero attached hydrogens (tertiary/aromatic N) is 2. The van der Waals surface area contributed by atoms with Crippen LogP contribution in [0.4, 0.5) is 0 Å². The molecule has 1 fully saturated rings. The Balaban J connectivity index is 2.24. The molecule has 1 saturated heterocycles. The van der Waals surface area contributed by atoms with Crippen LogP contribution in [0, 0.1) is 6.92 Å². The van der Waals surface area contributed by atoms with E-state index in [1.807, 2.05) is 12.3 Å². The molecule has 1 aromatic rings. The molecule has 2 heterocycles. The molecule has 0 saturated carbocycles. The molecule has 1 aromatic heterocycles. The van der Waals surface area contributed by atoms with Crippen molar-refractivity contribution in [2.24, 2.45) is 0 Å². The van der Waals surface area contributed by atoms with Gasteiger partial charge in [0.1, 0.15) is 4.90 Å². The minimum absolute atomic E-state index is 0.250. The zero-order chi connectivity index (χ0) is 15.6. The maximum Gasteiger partial charge on any atom is 0.244 e. The molecule has 0 spiro atoms. The summed E-state index contributed by atoms with van der Waals surface area (Å²) in [5.74, 6) is 0.250. The lowest BCUT2D eigenvalue weighted by atomic mass is 10.2. The van der Waals surface area contributed by atoms with Crippen LogP contribution in [-0.4, -0.2) is 49.8 Å². The topological polar surface area (TPSA) is 40.6 Å². The van der Waals surface area contributed by atoms with Crippen molar-refractivity contribution in [2.75, 3.05) is 26.2 Å². The van der Waals surface area contributed by atoms with E-state index in [2.05, 4.69) is 18.7 Å². The minimum atomic E-state index is -3.42. The van der Waals surface area contributed by atoms with Crippen LogP contribution >= 0.6 is 22.9 Å². The van der Waals surface area contributed by atoms with Gasteiger partial charge >= 0.3 is 0 Å². The Morgan fingerprint density at radius 3 is 2.67 bits per heavy atom. The summed E-state index contributed by atoms with van der Waals surface area (Å²) in [6.07, 6.45) is 0.903. The summed E-state index contributed by atoms with van der Waals surface area (Å²) < 4.78 is 27.4. The number of hydrogen-bond donors (Lipinski definition) is 0. The number of rotatable bonds is 6. The van der Waals surface area contributed by atoms with Gasteiger partial charge in [-0.25, -0.2) is 8.42 Å². The average molecular weight is 351 g/mol. The van der Waals surface area contributed by atoms with Gasteiger partial charge in [-0.1, -0.05) is 13.8 Å². The van der Waals surface area contributed by atoms with Gasteiger partial charge < -0.3 is 0 Å². The van der Waals surface area contributed by atoms with Gasteiger partial charge in [0.25, 0.3) is 0 Å². The second-order valence-electron chi connectivity index (χ2n) is 5.33. The molecular formula is C14H23ClN2O2S2. The number of thiophene rings is 1. The smallest absolute Gasteiger partial charge is 0.244 e. The SMILES string of the molecule is CCN(CC)C1CCN(S(=O)(=O)c2c(C)csc2CCl)C1. The summed E-state index contributed by atoms with van der Waals surface area (Å²) in [7, 11) is -3.42. The zero-order valence-electron chi connectivity index (χ0n) is 12.8. The van der Waals surface area contributed by atoms with Crippen molar-refractivity contribution in [3.05, 3.63) is 15.8 Å². The maximum atomic E-state index is 12.9. The summed E-state index contributed by atoms with van der Waals surface area (Å²) in [6, 6.07) is 0.327. The second kappa shape index (κ2) is 6.96. The van der Waals surface area contributed by atoms with Crippen molar-refractivity contribution in [2.45, 2.75) is 44.0 Å². The normalized spacial score (nSPS) is 20.5. The number of sulfonamides is 1. The van der Waals surface area contributed by atoms with E-state index < -0.39 is 10.0 Å². The molecule has 2 rings (SSSR count). The Kier molecular flexibility index (Phi) is 5.71. The Labute approximate surface area is 136 Å². The molecular weight excluding hydrogens is 328 g/mol. The van der Waals surface area contributed by atoms with Gasteiger partial charge in [-0.15, -0.1) is 22.9 Å². The maximum absolute atomic E-state index is 12.9. The van der Waals surface area contributed by atoms with Crippen molar-refractivity contribution in [3.63, 3.8) is 0 Å². The first-order valence-electron chi connectivity index (χ1n) is 7.32. The van der Waals surface area contributed by atoms with Gasteiger partial charge in [0, 0.05) is 24.0 Å². The highest BCUT2D eigenvalue weighted by Crippen LogP contribution is 2.32. The second-order valence-corrected chi connectivity index (χ2v) is 8.44. The molecule has 7 heteroatoms. The molecule has 1 aliphatic heterocycles. The molecule has 1 unspecified atom stereocenters.